The van der Waals surface area contributed by atoms with E-state index in [1.807, 2.05) is 25.2 Å². The first-order valence-electron chi connectivity index (χ1n) is 6.52. The van der Waals surface area contributed by atoms with E-state index in [4.69, 9.17) is 16.3 Å². The normalized spacial score (nSPS) is 18.8. The number of ether oxygens (including phenoxy) is 1. The fourth-order valence-electron chi connectivity index (χ4n) is 2.34. The fourth-order valence-corrected chi connectivity index (χ4v) is 2.54. The van der Waals surface area contributed by atoms with Crippen LogP contribution in [0, 0.1) is 0 Å². The van der Waals surface area contributed by atoms with Crippen LogP contribution in [0.2, 0.25) is 5.02 Å². The zero-order valence-electron chi connectivity index (χ0n) is 10.9. The third-order valence-electron chi connectivity index (χ3n) is 3.44. The Kier molecular flexibility index (Phi) is 5.45. The fraction of sp³-hybridized carbons (Fsp3) is 0.571. The quantitative estimate of drug-likeness (QED) is 0.887. The summed E-state index contributed by atoms with van der Waals surface area (Å²) in [6.45, 7) is 4.92. The van der Waals surface area contributed by atoms with Crippen molar-refractivity contribution in [2.45, 2.75) is 12.5 Å². The molecular weight excluding hydrogens is 248 g/mol. The van der Waals surface area contributed by atoms with E-state index >= 15 is 0 Å². The number of nitrogens with zero attached hydrogens (tertiary/aromatic N) is 1. The highest BCUT2D eigenvalue weighted by Gasteiger charge is 2.14. The maximum Gasteiger partial charge on any atom is 0.0594 e. The highest BCUT2D eigenvalue weighted by molar-refractivity contribution is 6.30. The van der Waals surface area contributed by atoms with Crippen LogP contribution < -0.4 is 5.32 Å². The summed E-state index contributed by atoms with van der Waals surface area (Å²) in [6.07, 6.45) is 1.09. The van der Waals surface area contributed by atoms with Gasteiger partial charge in [-0.15, -0.1) is 0 Å². The maximum atomic E-state index is 6.04. The summed E-state index contributed by atoms with van der Waals surface area (Å²) in [5.74, 6) is 0. The molecule has 1 fully saturated rings. The van der Waals surface area contributed by atoms with Gasteiger partial charge in [-0.2, -0.15) is 0 Å². The monoisotopic (exact) mass is 268 g/mol. The molecule has 18 heavy (non-hydrogen) atoms. The van der Waals surface area contributed by atoms with E-state index in [1.165, 1.54) is 5.56 Å². The molecule has 1 saturated heterocycles. The van der Waals surface area contributed by atoms with Crippen LogP contribution in [-0.2, 0) is 4.74 Å². The van der Waals surface area contributed by atoms with Gasteiger partial charge in [-0.3, -0.25) is 4.90 Å². The number of nitrogens with one attached hydrogen (secondary N) is 1. The van der Waals surface area contributed by atoms with E-state index in [-0.39, 0.29) is 0 Å². The largest absolute Gasteiger partial charge is 0.379 e. The molecule has 3 nitrogen and oxygen atoms in total. The van der Waals surface area contributed by atoms with Crippen molar-refractivity contribution in [3.8, 4) is 0 Å². The van der Waals surface area contributed by atoms with Crippen molar-refractivity contribution in [1.82, 2.24) is 10.2 Å². The lowest BCUT2D eigenvalue weighted by molar-refractivity contribution is 0.0362. The van der Waals surface area contributed by atoms with Crippen LogP contribution in [0.5, 0.6) is 0 Å². The minimum Gasteiger partial charge on any atom is -0.379 e. The Hall–Kier alpha value is -0.610. The van der Waals surface area contributed by atoms with Crippen molar-refractivity contribution in [1.29, 1.82) is 0 Å². The molecular formula is C14H21ClN2O. The number of hydrogen-bond acceptors (Lipinski definition) is 3. The van der Waals surface area contributed by atoms with Gasteiger partial charge in [0.15, 0.2) is 0 Å². The summed E-state index contributed by atoms with van der Waals surface area (Å²) in [4.78, 5) is 2.46. The first-order chi connectivity index (χ1) is 8.79. The first-order valence-corrected chi connectivity index (χ1v) is 6.90. The second-order valence-corrected chi connectivity index (χ2v) is 5.08. The molecule has 4 heteroatoms. The summed E-state index contributed by atoms with van der Waals surface area (Å²) in [5.41, 5.74) is 1.26. The molecule has 1 aromatic rings. The number of hydrogen-bond donors (Lipinski definition) is 1. The Labute approximate surface area is 114 Å². The molecule has 1 unspecified atom stereocenters. The van der Waals surface area contributed by atoms with Crippen molar-refractivity contribution >= 4 is 11.6 Å². The molecule has 0 aromatic heterocycles. The average molecular weight is 269 g/mol. The SMILES string of the molecule is CNC(CCN1CCOCC1)c1cccc(Cl)c1. The lowest BCUT2D eigenvalue weighted by Gasteiger charge is -2.28. The number of halogens is 1. The molecule has 0 radical (unpaired) electrons. The maximum absolute atomic E-state index is 6.04. The van der Waals surface area contributed by atoms with Crippen LogP contribution in [0.1, 0.15) is 18.0 Å². The molecule has 1 N–H and O–H groups in total. The molecule has 0 bridgehead atoms. The van der Waals surface area contributed by atoms with E-state index in [0.717, 1.165) is 44.3 Å². The summed E-state index contributed by atoms with van der Waals surface area (Å²) >= 11 is 6.04. The minimum absolute atomic E-state index is 0.367. The Balaban J connectivity index is 1.88. The molecule has 2 rings (SSSR count). The Morgan fingerprint density at radius 3 is 2.83 bits per heavy atom. The zero-order valence-corrected chi connectivity index (χ0v) is 11.6. The van der Waals surface area contributed by atoms with Gasteiger partial charge in [0.2, 0.25) is 0 Å². The summed E-state index contributed by atoms with van der Waals surface area (Å²) in [7, 11) is 2.00. The zero-order chi connectivity index (χ0) is 12.8. The second-order valence-electron chi connectivity index (χ2n) is 4.64. The molecule has 0 spiro atoms. The molecule has 1 atom stereocenters. The highest BCUT2D eigenvalue weighted by Crippen LogP contribution is 2.20. The van der Waals surface area contributed by atoms with Gasteiger partial charge in [0.1, 0.15) is 0 Å². The summed E-state index contributed by atoms with van der Waals surface area (Å²) in [6, 6.07) is 8.47. The van der Waals surface area contributed by atoms with Crippen molar-refractivity contribution in [2.24, 2.45) is 0 Å². The van der Waals surface area contributed by atoms with Crippen molar-refractivity contribution in [3.05, 3.63) is 34.9 Å². The standard InChI is InChI=1S/C14H21ClN2O/c1-16-14(12-3-2-4-13(15)11-12)5-6-17-7-9-18-10-8-17/h2-4,11,14,16H,5-10H2,1H3. The number of rotatable bonds is 5. The Morgan fingerprint density at radius 2 is 2.17 bits per heavy atom. The van der Waals surface area contributed by atoms with E-state index < -0.39 is 0 Å². The predicted molar refractivity (Wildman–Crippen MR) is 75.1 cm³/mol. The lowest BCUT2D eigenvalue weighted by atomic mass is 10.0. The molecule has 0 saturated carbocycles. The molecule has 1 heterocycles. The molecule has 1 aliphatic heterocycles. The van der Waals surface area contributed by atoms with E-state index in [0.29, 0.717) is 6.04 Å². The first kappa shape index (κ1) is 13.8. The van der Waals surface area contributed by atoms with Crippen LogP contribution in [0.3, 0.4) is 0 Å². The molecule has 1 aromatic carbocycles. The van der Waals surface area contributed by atoms with Crippen LogP contribution in [-0.4, -0.2) is 44.8 Å². The van der Waals surface area contributed by atoms with E-state index in [1.54, 1.807) is 0 Å². The van der Waals surface area contributed by atoms with Crippen LogP contribution in [0.25, 0.3) is 0 Å². The van der Waals surface area contributed by atoms with E-state index in [9.17, 15) is 0 Å². The van der Waals surface area contributed by atoms with E-state index in [2.05, 4.69) is 16.3 Å². The molecule has 1 aliphatic rings. The van der Waals surface area contributed by atoms with Crippen molar-refractivity contribution in [3.63, 3.8) is 0 Å². The van der Waals surface area contributed by atoms with Gasteiger partial charge in [-0.05, 0) is 31.2 Å². The van der Waals surface area contributed by atoms with Gasteiger partial charge < -0.3 is 10.1 Å². The Bertz CT molecular complexity index is 367. The Morgan fingerprint density at radius 1 is 1.39 bits per heavy atom. The minimum atomic E-state index is 0.367. The van der Waals surface area contributed by atoms with Gasteiger partial charge in [0.25, 0.3) is 0 Å². The highest BCUT2D eigenvalue weighted by atomic mass is 35.5. The van der Waals surface area contributed by atoms with Gasteiger partial charge >= 0.3 is 0 Å². The summed E-state index contributed by atoms with van der Waals surface area (Å²) in [5, 5.41) is 4.17. The smallest absolute Gasteiger partial charge is 0.0594 e. The molecule has 0 aliphatic carbocycles. The van der Waals surface area contributed by atoms with Crippen molar-refractivity contribution in [2.75, 3.05) is 39.9 Å². The molecule has 0 amide bonds. The van der Waals surface area contributed by atoms with Gasteiger partial charge in [0.05, 0.1) is 13.2 Å². The third kappa shape index (κ3) is 3.95. The second kappa shape index (κ2) is 7.10. The van der Waals surface area contributed by atoms with Crippen LogP contribution in [0.4, 0.5) is 0 Å². The van der Waals surface area contributed by atoms with Crippen molar-refractivity contribution < 1.29 is 4.74 Å². The van der Waals surface area contributed by atoms with Crippen LogP contribution in [0.15, 0.2) is 24.3 Å². The number of benzene rings is 1. The molecule has 100 valence electrons. The van der Waals surface area contributed by atoms with Gasteiger partial charge in [-0.1, -0.05) is 23.7 Å². The topological polar surface area (TPSA) is 24.5 Å². The third-order valence-corrected chi connectivity index (χ3v) is 3.67. The summed E-state index contributed by atoms with van der Waals surface area (Å²) < 4.78 is 5.36. The number of morpholine rings is 1. The van der Waals surface area contributed by atoms with Gasteiger partial charge in [-0.25, -0.2) is 0 Å². The van der Waals surface area contributed by atoms with Gasteiger partial charge in [0, 0.05) is 30.7 Å². The average Bonchev–Trinajstić information content (AvgIpc) is 2.41. The lowest BCUT2D eigenvalue weighted by Crippen LogP contribution is -2.38. The predicted octanol–water partition coefficient (Wildman–Crippen LogP) is 2.32. The van der Waals surface area contributed by atoms with Crippen LogP contribution >= 0.6 is 11.6 Å².